The third-order valence-corrected chi connectivity index (χ3v) is 6.14. The number of carbonyl (C=O) groups is 2. The molecule has 2 fully saturated rings. The Balaban J connectivity index is 1.59. The van der Waals surface area contributed by atoms with Crippen LogP contribution in [0.25, 0.3) is 0 Å². The van der Waals surface area contributed by atoms with Gasteiger partial charge in [0.2, 0.25) is 11.8 Å². The number of amidine groups is 1. The number of carbonyl (C=O) groups excluding carboxylic acids is 2. The van der Waals surface area contributed by atoms with E-state index in [9.17, 15) is 14.7 Å². The van der Waals surface area contributed by atoms with Crippen molar-refractivity contribution in [1.29, 1.82) is 10.8 Å². The number of amides is 2. The van der Waals surface area contributed by atoms with Crippen LogP contribution in [0.3, 0.4) is 0 Å². The van der Waals surface area contributed by atoms with Gasteiger partial charge in [-0.25, -0.2) is 0 Å². The first kappa shape index (κ1) is 23.3. The van der Waals surface area contributed by atoms with Crippen molar-refractivity contribution in [2.75, 3.05) is 13.1 Å². The number of hydrogen-bond donors (Lipinski definition) is 4. The molecule has 9 heteroatoms. The van der Waals surface area contributed by atoms with Crippen LogP contribution < -0.4 is 10.1 Å². The van der Waals surface area contributed by atoms with Crippen LogP contribution in [-0.4, -0.2) is 51.2 Å². The van der Waals surface area contributed by atoms with Crippen molar-refractivity contribution in [2.45, 2.75) is 58.2 Å². The summed E-state index contributed by atoms with van der Waals surface area (Å²) in [5.41, 5.74) is 1.63. The van der Waals surface area contributed by atoms with E-state index in [0.29, 0.717) is 29.3 Å². The van der Waals surface area contributed by atoms with Gasteiger partial charge >= 0.3 is 0 Å². The number of aliphatic hydroxyl groups excluding tert-OH is 1. The van der Waals surface area contributed by atoms with Crippen LogP contribution in [0.2, 0.25) is 0 Å². The van der Waals surface area contributed by atoms with Gasteiger partial charge in [-0.2, -0.15) is 0 Å². The smallest absolute Gasteiger partial charge is 0.245 e. The molecular weight excluding hydrogens is 416 g/mol. The molecule has 1 aromatic carbocycles. The molecule has 1 aliphatic heterocycles. The minimum atomic E-state index is -0.664. The highest BCUT2D eigenvalue weighted by Gasteiger charge is 2.33. The Morgan fingerprint density at radius 3 is 2.65 bits per heavy atom. The Morgan fingerprint density at radius 1 is 1.32 bits per heavy atom. The SMILES string of the molecule is CC(C)Oc1cc([C@@H]2CC(=O)N(CC(=O)NC(=N)SC(=N)C3CC3)C2)ccc1C(C)O. The third kappa shape index (κ3) is 6.30. The molecule has 0 spiro atoms. The Hall–Kier alpha value is -2.39. The lowest BCUT2D eigenvalue weighted by Gasteiger charge is -2.20. The highest BCUT2D eigenvalue weighted by atomic mass is 32.2. The van der Waals surface area contributed by atoms with Crippen molar-refractivity contribution < 1.29 is 19.4 Å². The topological polar surface area (TPSA) is 127 Å². The summed E-state index contributed by atoms with van der Waals surface area (Å²) in [5, 5.41) is 28.5. The number of rotatable bonds is 7. The van der Waals surface area contributed by atoms with Gasteiger partial charge in [-0.1, -0.05) is 12.1 Å². The van der Waals surface area contributed by atoms with E-state index < -0.39 is 12.0 Å². The van der Waals surface area contributed by atoms with Gasteiger partial charge < -0.3 is 20.1 Å². The monoisotopic (exact) mass is 446 g/mol. The molecular formula is C22H30N4O4S. The summed E-state index contributed by atoms with van der Waals surface area (Å²) in [6.45, 7) is 5.80. The number of aliphatic hydroxyl groups is 1. The van der Waals surface area contributed by atoms with E-state index in [1.165, 1.54) is 4.90 Å². The predicted molar refractivity (Wildman–Crippen MR) is 121 cm³/mol. The van der Waals surface area contributed by atoms with Gasteiger partial charge in [-0.15, -0.1) is 0 Å². The van der Waals surface area contributed by atoms with E-state index in [4.69, 9.17) is 15.6 Å². The number of benzene rings is 1. The van der Waals surface area contributed by atoms with Gasteiger partial charge in [0.05, 0.1) is 23.8 Å². The molecule has 1 saturated heterocycles. The average molecular weight is 447 g/mol. The second-order valence-corrected chi connectivity index (χ2v) is 9.49. The summed E-state index contributed by atoms with van der Waals surface area (Å²) < 4.78 is 5.86. The zero-order valence-corrected chi connectivity index (χ0v) is 18.9. The lowest BCUT2D eigenvalue weighted by molar-refractivity contribution is -0.132. The molecule has 0 bridgehead atoms. The zero-order chi connectivity index (χ0) is 22.7. The van der Waals surface area contributed by atoms with E-state index >= 15 is 0 Å². The number of thioether (sulfide) groups is 1. The maximum absolute atomic E-state index is 12.5. The fourth-order valence-electron chi connectivity index (χ4n) is 3.56. The standard InChI is InChI=1S/C22H30N4O4S/c1-12(2)30-18-8-15(6-7-17(18)13(3)27)16-9-20(29)26(10-16)11-19(28)25-22(24)31-21(23)14-4-5-14/h6-8,12-14,16,23,27H,4-5,9-11H2,1-3H3,(H2,24,25,28)/t13?,16-/m1/s1. The Labute approximate surface area is 186 Å². The molecule has 168 valence electrons. The van der Waals surface area contributed by atoms with Gasteiger partial charge in [0.1, 0.15) is 5.75 Å². The first-order chi connectivity index (χ1) is 14.6. The van der Waals surface area contributed by atoms with Crippen LogP contribution in [0, 0.1) is 16.7 Å². The average Bonchev–Trinajstić information content (AvgIpc) is 3.45. The first-order valence-corrected chi connectivity index (χ1v) is 11.4. The Kier molecular flexibility index (Phi) is 7.38. The largest absolute Gasteiger partial charge is 0.491 e. The summed E-state index contributed by atoms with van der Waals surface area (Å²) in [6, 6.07) is 5.59. The van der Waals surface area contributed by atoms with Crippen LogP contribution in [0.4, 0.5) is 0 Å². The molecule has 2 aliphatic rings. The summed E-state index contributed by atoms with van der Waals surface area (Å²) in [4.78, 5) is 26.3. The number of ether oxygens (including phenoxy) is 1. The molecule has 1 unspecified atom stereocenters. The fourth-order valence-corrected chi connectivity index (χ4v) is 4.35. The summed E-state index contributed by atoms with van der Waals surface area (Å²) in [6.07, 6.45) is 1.52. The van der Waals surface area contributed by atoms with Crippen molar-refractivity contribution in [3.05, 3.63) is 29.3 Å². The molecule has 4 N–H and O–H groups in total. The van der Waals surface area contributed by atoms with Crippen molar-refractivity contribution >= 4 is 33.8 Å². The van der Waals surface area contributed by atoms with Crippen molar-refractivity contribution in [1.82, 2.24) is 10.2 Å². The predicted octanol–water partition coefficient (Wildman–Crippen LogP) is 3.01. The molecule has 8 nitrogen and oxygen atoms in total. The molecule has 1 aliphatic carbocycles. The van der Waals surface area contributed by atoms with Crippen molar-refractivity contribution in [2.24, 2.45) is 5.92 Å². The first-order valence-electron chi connectivity index (χ1n) is 10.5. The van der Waals surface area contributed by atoms with Crippen LogP contribution in [0.5, 0.6) is 5.75 Å². The van der Waals surface area contributed by atoms with Gasteiger partial charge in [-0.05, 0) is 57.0 Å². The fraction of sp³-hybridized carbons (Fsp3) is 0.545. The van der Waals surface area contributed by atoms with Crippen molar-refractivity contribution in [3.8, 4) is 5.75 Å². The number of nitrogens with zero attached hydrogens (tertiary/aromatic N) is 1. The molecule has 1 heterocycles. The molecule has 31 heavy (non-hydrogen) atoms. The van der Waals surface area contributed by atoms with E-state index in [-0.39, 0.29) is 35.6 Å². The lowest BCUT2D eigenvalue weighted by atomic mass is 9.95. The second-order valence-electron chi connectivity index (χ2n) is 8.43. The second kappa shape index (κ2) is 9.82. The highest BCUT2D eigenvalue weighted by molar-refractivity contribution is 8.26. The quantitative estimate of drug-likeness (QED) is 0.378. The van der Waals surface area contributed by atoms with Gasteiger partial charge in [0.25, 0.3) is 0 Å². The van der Waals surface area contributed by atoms with E-state index in [1.807, 2.05) is 32.0 Å². The molecule has 0 aromatic heterocycles. The number of hydrogen-bond acceptors (Lipinski definition) is 7. The van der Waals surface area contributed by atoms with Crippen LogP contribution in [0.15, 0.2) is 18.2 Å². The normalized spacial score (nSPS) is 19.5. The minimum absolute atomic E-state index is 0.0484. The van der Waals surface area contributed by atoms with Crippen LogP contribution >= 0.6 is 11.8 Å². The lowest BCUT2D eigenvalue weighted by Crippen LogP contribution is -2.39. The summed E-state index contributed by atoms with van der Waals surface area (Å²) >= 11 is 0.961. The summed E-state index contributed by atoms with van der Waals surface area (Å²) in [7, 11) is 0. The van der Waals surface area contributed by atoms with E-state index in [0.717, 1.165) is 30.2 Å². The molecule has 2 atom stereocenters. The number of likely N-dealkylation sites (tertiary alicyclic amines) is 1. The number of nitrogens with one attached hydrogen (secondary N) is 3. The molecule has 0 radical (unpaired) electrons. The molecule has 3 rings (SSSR count). The third-order valence-electron chi connectivity index (χ3n) is 5.28. The van der Waals surface area contributed by atoms with Crippen molar-refractivity contribution in [3.63, 3.8) is 0 Å². The summed E-state index contributed by atoms with van der Waals surface area (Å²) in [5.74, 6) is 0.219. The maximum atomic E-state index is 12.5. The van der Waals surface area contributed by atoms with E-state index in [2.05, 4.69) is 5.32 Å². The van der Waals surface area contributed by atoms with Crippen LogP contribution in [0.1, 0.15) is 63.2 Å². The van der Waals surface area contributed by atoms with Gasteiger partial charge in [-0.3, -0.25) is 20.4 Å². The molecule has 1 aromatic rings. The highest BCUT2D eigenvalue weighted by Crippen LogP contribution is 2.35. The Bertz CT molecular complexity index is 882. The van der Waals surface area contributed by atoms with Crippen LogP contribution in [-0.2, 0) is 9.59 Å². The van der Waals surface area contributed by atoms with E-state index in [1.54, 1.807) is 6.92 Å². The molecule has 2 amide bonds. The maximum Gasteiger partial charge on any atom is 0.245 e. The zero-order valence-electron chi connectivity index (χ0n) is 18.1. The molecule has 1 saturated carbocycles. The van der Waals surface area contributed by atoms with Gasteiger partial charge in [0.15, 0.2) is 5.17 Å². The minimum Gasteiger partial charge on any atom is -0.491 e. The Morgan fingerprint density at radius 2 is 2.03 bits per heavy atom. The van der Waals surface area contributed by atoms with Gasteiger partial charge in [0, 0.05) is 30.4 Å².